The average molecular weight is 303 g/mol. The number of hydrogen-bond acceptors (Lipinski definition) is 1. The van der Waals surface area contributed by atoms with Crippen LogP contribution in [0.3, 0.4) is 0 Å². The molecular formula is C20H30FN. The molecule has 2 aliphatic rings. The maximum absolute atomic E-state index is 14.8. The highest BCUT2D eigenvalue weighted by Crippen LogP contribution is 2.41. The van der Waals surface area contributed by atoms with Gasteiger partial charge in [0.2, 0.25) is 0 Å². The molecule has 2 heteroatoms. The largest absolute Gasteiger partial charge is 0.296 e. The van der Waals surface area contributed by atoms with Crippen LogP contribution in [0.5, 0.6) is 0 Å². The van der Waals surface area contributed by atoms with Gasteiger partial charge in [0.1, 0.15) is 5.82 Å². The minimum Gasteiger partial charge on any atom is -0.296 e. The summed E-state index contributed by atoms with van der Waals surface area (Å²) in [6.07, 6.45) is 6.88. The van der Waals surface area contributed by atoms with Crippen molar-refractivity contribution in [2.75, 3.05) is 13.1 Å². The summed E-state index contributed by atoms with van der Waals surface area (Å²) in [7, 11) is 0. The summed E-state index contributed by atoms with van der Waals surface area (Å²) in [5.74, 6) is 1.40. The van der Waals surface area contributed by atoms with E-state index in [1.54, 1.807) is 0 Å². The van der Waals surface area contributed by atoms with Crippen LogP contribution in [0.25, 0.3) is 0 Å². The Morgan fingerprint density at radius 2 is 1.82 bits per heavy atom. The Kier molecular flexibility index (Phi) is 4.87. The van der Waals surface area contributed by atoms with Gasteiger partial charge in [-0.2, -0.15) is 0 Å². The van der Waals surface area contributed by atoms with E-state index in [1.165, 1.54) is 24.0 Å². The van der Waals surface area contributed by atoms with Crippen molar-refractivity contribution < 1.29 is 4.39 Å². The number of nitrogens with zero attached hydrogens (tertiary/aromatic N) is 1. The summed E-state index contributed by atoms with van der Waals surface area (Å²) in [6.45, 7) is 9.02. The van der Waals surface area contributed by atoms with E-state index in [0.717, 1.165) is 50.3 Å². The standard InChI is InChI=1S/C20H30FN/c1-4-15(5-2)17-12-16-6-7-19(20(16)18(21)13-17)22-10-8-14(3)9-11-22/h12-15,19H,4-11H2,1-3H3. The second-order valence-corrected chi connectivity index (χ2v) is 7.36. The number of hydrogen-bond donors (Lipinski definition) is 0. The zero-order chi connectivity index (χ0) is 15.7. The van der Waals surface area contributed by atoms with Crippen LogP contribution in [0.2, 0.25) is 0 Å². The van der Waals surface area contributed by atoms with Crippen LogP contribution < -0.4 is 0 Å². The zero-order valence-electron chi connectivity index (χ0n) is 14.4. The molecule has 1 aromatic rings. The summed E-state index contributed by atoms with van der Waals surface area (Å²) in [5, 5.41) is 0. The first kappa shape index (κ1) is 16.0. The number of fused-ring (bicyclic) bond motifs is 1. The number of piperidine rings is 1. The molecule has 0 bridgehead atoms. The Balaban J connectivity index is 1.85. The Morgan fingerprint density at radius 1 is 1.14 bits per heavy atom. The van der Waals surface area contributed by atoms with Gasteiger partial charge in [0.25, 0.3) is 0 Å². The third-order valence-corrected chi connectivity index (χ3v) is 5.97. The zero-order valence-corrected chi connectivity index (χ0v) is 14.4. The molecule has 0 amide bonds. The van der Waals surface area contributed by atoms with E-state index in [2.05, 4.69) is 31.7 Å². The fourth-order valence-electron chi connectivity index (χ4n) is 4.42. The molecule has 1 nitrogen and oxygen atoms in total. The second kappa shape index (κ2) is 6.70. The SMILES string of the molecule is CCC(CC)c1cc(F)c2c(c1)CCC2N1CCC(C)CC1. The van der Waals surface area contributed by atoms with Gasteiger partial charge in [0, 0.05) is 11.6 Å². The Morgan fingerprint density at radius 3 is 2.45 bits per heavy atom. The first-order chi connectivity index (χ1) is 10.6. The molecule has 1 heterocycles. The molecule has 1 unspecified atom stereocenters. The Labute approximate surface area is 134 Å². The van der Waals surface area contributed by atoms with E-state index in [4.69, 9.17) is 0 Å². The first-order valence-corrected chi connectivity index (χ1v) is 9.20. The summed E-state index contributed by atoms with van der Waals surface area (Å²) in [5.41, 5.74) is 3.52. The van der Waals surface area contributed by atoms with Crippen LogP contribution >= 0.6 is 0 Å². The van der Waals surface area contributed by atoms with Gasteiger partial charge in [-0.25, -0.2) is 4.39 Å². The molecule has 1 aliphatic carbocycles. The minimum absolute atomic E-state index is 0.0560. The van der Waals surface area contributed by atoms with Crippen molar-refractivity contribution in [1.29, 1.82) is 0 Å². The van der Waals surface area contributed by atoms with E-state index in [-0.39, 0.29) is 5.82 Å². The van der Waals surface area contributed by atoms with Crippen molar-refractivity contribution >= 4 is 0 Å². The van der Waals surface area contributed by atoms with Crippen molar-refractivity contribution in [1.82, 2.24) is 4.90 Å². The lowest BCUT2D eigenvalue weighted by atomic mass is 9.90. The molecule has 0 radical (unpaired) electrons. The van der Waals surface area contributed by atoms with Crippen molar-refractivity contribution in [2.24, 2.45) is 5.92 Å². The maximum atomic E-state index is 14.8. The smallest absolute Gasteiger partial charge is 0.128 e. The predicted octanol–water partition coefficient (Wildman–Crippen LogP) is 5.45. The number of aryl methyl sites for hydroxylation is 1. The maximum Gasteiger partial charge on any atom is 0.128 e. The van der Waals surface area contributed by atoms with Gasteiger partial charge in [-0.05, 0) is 80.6 Å². The van der Waals surface area contributed by atoms with Gasteiger partial charge >= 0.3 is 0 Å². The summed E-state index contributed by atoms with van der Waals surface area (Å²) < 4.78 is 14.8. The fourth-order valence-corrected chi connectivity index (χ4v) is 4.42. The summed E-state index contributed by atoms with van der Waals surface area (Å²) in [6, 6.07) is 4.47. The normalized spacial score (nSPS) is 23.2. The lowest BCUT2D eigenvalue weighted by Gasteiger charge is -2.35. The van der Waals surface area contributed by atoms with Crippen LogP contribution in [-0.4, -0.2) is 18.0 Å². The highest BCUT2D eigenvalue weighted by molar-refractivity contribution is 5.40. The summed E-state index contributed by atoms with van der Waals surface area (Å²) >= 11 is 0. The molecule has 122 valence electrons. The number of likely N-dealkylation sites (tertiary alicyclic amines) is 1. The van der Waals surface area contributed by atoms with Gasteiger partial charge in [0.05, 0.1) is 0 Å². The molecule has 1 atom stereocenters. The van der Waals surface area contributed by atoms with Crippen LogP contribution in [0.1, 0.15) is 81.5 Å². The molecule has 0 aromatic heterocycles. The number of benzene rings is 1. The van der Waals surface area contributed by atoms with Crippen molar-refractivity contribution in [3.05, 3.63) is 34.6 Å². The topological polar surface area (TPSA) is 3.24 Å². The van der Waals surface area contributed by atoms with Gasteiger partial charge in [-0.15, -0.1) is 0 Å². The van der Waals surface area contributed by atoms with Crippen molar-refractivity contribution in [3.8, 4) is 0 Å². The van der Waals surface area contributed by atoms with E-state index >= 15 is 0 Å². The Bertz CT molecular complexity index is 513. The van der Waals surface area contributed by atoms with Crippen LogP contribution in [-0.2, 0) is 6.42 Å². The predicted molar refractivity (Wildman–Crippen MR) is 90.8 cm³/mol. The lowest BCUT2D eigenvalue weighted by Crippen LogP contribution is -2.35. The van der Waals surface area contributed by atoms with E-state index in [1.807, 2.05) is 6.07 Å². The van der Waals surface area contributed by atoms with Crippen LogP contribution in [0.15, 0.2) is 12.1 Å². The molecule has 1 aliphatic heterocycles. The van der Waals surface area contributed by atoms with E-state index < -0.39 is 0 Å². The lowest BCUT2D eigenvalue weighted by molar-refractivity contribution is 0.135. The molecule has 0 spiro atoms. The Hall–Kier alpha value is -0.890. The molecule has 1 fully saturated rings. The molecule has 0 N–H and O–H groups in total. The molecular weight excluding hydrogens is 273 g/mol. The average Bonchev–Trinajstić information content (AvgIpc) is 2.94. The monoisotopic (exact) mass is 303 g/mol. The third-order valence-electron chi connectivity index (χ3n) is 5.97. The van der Waals surface area contributed by atoms with Crippen molar-refractivity contribution in [2.45, 2.75) is 71.3 Å². The molecule has 0 saturated carbocycles. The molecule has 3 rings (SSSR count). The molecule has 1 aromatic carbocycles. The number of rotatable bonds is 4. The van der Waals surface area contributed by atoms with E-state index in [0.29, 0.717) is 12.0 Å². The van der Waals surface area contributed by atoms with E-state index in [9.17, 15) is 4.39 Å². The van der Waals surface area contributed by atoms with Gasteiger partial charge in [0.15, 0.2) is 0 Å². The third kappa shape index (κ3) is 2.95. The second-order valence-electron chi connectivity index (χ2n) is 7.36. The van der Waals surface area contributed by atoms with Gasteiger partial charge < -0.3 is 0 Å². The summed E-state index contributed by atoms with van der Waals surface area (Å²) in [4.78, 5) is 2.53. The molecule has 22 heavy (non-hydrogen) atoms. The number of halogens is 1. The fraction of sp³-hybridized carbons (Fsp3) is 0.700. The highest BCUT2D eigenvalue weighted by Gasteiger charge is 2.33. The van der Waals surface area contributed by atoms with Gasteiger partial charge in [-0.1, -0.05) is 26.8 Å². The highest BCUT2D eigenvalue weighted by atomic mass is 19.1. The van der Waals surface area contributed by atoms with Gasteiger partial charge in [-0.3, -0.25) is 4.90 Å². The van der Waals surface area contributed by atoms with Crippen molar-refractivity contribution in [3.63, 3.8) is 0 Å². The minimum atomic E-state index is 0.0560. The molecule has 1 saturated heterocycles. The van der Waals surface area contributed by atoms with Crippen LogP contribution in [0, 0.1) is 11.7 Å². The quantitative estimate of drug-likeness (QED) is 0.715. The van der Waals surface area contributed by atoms with Crippen LogP contribution in [0.4, 0.5) is 4.39 Å². The first-order valence-electron chi connectivity index (χ1n) is 9.20.